The van der Waals surface area contributed by atoms with Crippen LogP contribution in [-0.2, 0) is 7.05 Å². The van der Waals surface area contributed by atoms with Gasteiger partial charge in [0.05, 0.1) is 15.8 Å². The van der Waals surface area contributed by atoms with Crippen molar-refractivity contribution in [2.24, 2.45) is 7.05 Å². The van der Waals surface area contributed by atoms with Crippen LogP contribution in [0.15, 0.2) is 68.9 Å². The Balaban J connectivity index is 1.93. The second kappa shape index (κ2) is 5.14. The van der Waals surface area contributed by atoms with E-state index in [1.54, 1.807) is 0 Å². The summed E-state index contributed by atoms with van der Waals surface area (Å²) in [6, 6.07) is 17.2. The molecule has 0 saturated carbocycles. The van der Waals surface area contributed by atoms with Gasteiger partial charge in [0, 0.05) is 21.7 Å². The number of nitrogens with zero attached hydrogens (tertiary/aromatic N) is 1. The molecule has 2 aromatic heterocycles. The van der Waals surface area contributed by atoms with Gasteiger partial charge in [-0.1, -0.05) is 42.1 Å². The first-order valence-corrected chi connectivity index (χ1v) is 10.0. The summed E-state index contributed by atoms with van der Waals surface area (Å²) in [6.45, 7) is 4.43. The Morgan fingerprint density at radius 2 is 1.74 bits per heavy atom. The van der Waals surface area contributed by atoms with Gasteiger partial charge in [-0.2, -0.15) is 0 Å². The third-order valence-electron chi connectivity index (χ3n) is 5.81. The monoisotopic (exact) mass is 368 g/mol. The van der Waals surface area contributed by atoms with Crippen molar-refractivity contribution in [2.45, 2.75) is 23.6 Å². The van der Waals surface area contributed by atoms with Gasteiger partial charge < -0.3 is 4.42 Å². The minimum atomic E-state index is 0.962. The fourth-order valence-corrected chi connectivity index (χ4v) is 5.83. The van der Waals surface area contributed by atoms with Crippen LogP contribution in [0.1, 0.15) is 11.1 Å². The van der Waals surface area contributed by atoms with E-state index in [0.717, 1.165) is 11.2 Å². The average Bonchev–Trinajstić information content (AvgIpc) is 3.06. The highest BCUT2D eigenvalue weighted by molar-refractivity contribution is 8.00. The molecule has 0 spiro atoms. The number of furan rings is 1. The van der Waals surface area contributed by atoms with Crippen LogP contribution in [-0.4, -0.2) is 0 Å². The molecule has 3 heteroatoms. The zero-order chi connectivity index (χ0) is 18.3. The molecule has 0 N–H and O–H groups in total. The van der Waals surface area contributed by atoms with Gasteiger partial charge in [-0.3, -0.25) is 0 Å². The molecule has 130 valence electrons. The summed E-state index contributed by atoms with van der Waals surface area (Å²) < 4.78 is 8.66. The molecule has 5 aromatic rings. The summed E-state index contributed by atoms with van der Waals surface area (Å²) >= 11 is 1.84. The molecular formula is C24H18NOS+. The molecule has 3 aromatic carbocycles. The number of hydrogen-bond donors (Lipinski definition) is 0. The highest BCUT2D eigenvalue weighted by Gasteiger charge is 2.31. The molecule has 6 rings (SSSR count). The molecular weight excluding hydrogens is 350 g/mol. The first-order chi connectivity index (χ1) is 13.1. The van der Waals surface area contributed by atoms with E-state index >= 15 is 0 Å². The maximum atomic E-state index is 6.41. The highest BCUT2D eigenvalue weighted by atomic mass is 32.2. The number of aromatic nitrogens is 1. The predicted molar refractivity (Wildman–Crippen MR) is 111 cm³/mol. The molecule has 0 fully saturated rings. The van der Waals surface area contributed by atoms with Crippen LogP contribution in [0.2, 0.25) is 0 Å². The standard InChI is InChI=1S/C24H18NOS/c1-13-7-6-10-18-19(13)22-21-15(11-12-25(22)3)14(2)20-16-8-4-5-9-17(16)26-23(20)24(21)27-18/h4-12H,1-3H3/q+1. The second-order valence-electron chi connectivity index (χ2n) is 7.37. The summed E-state index contributed by atoms with van der Waals surface area (Å²) in [5.41, 5.74) is 7.23. The topological polar surface area (TPSA) is 17.0 Å². The molecule has 0 aliphatic carbocycles. The van der Waals surface area contributed by atoms with Crippen molar-refractivity contribution in [3.05, 3.63) is 65.9 Å². The third kappa shape index (κ3) is 1.85. The van der Waals surface area contributed by atoms with E-state index in [0.29, 0.717) is 0 Å². The maximum Gasteiger partial charge on any atom is 0.222 e. The Morgan fingerprint density at radius 1 is 0.889 bits per heavy atom. The average molecular weight is 368 g/mol. The van der Waals surface area contributed by atoms with E-state index in [-0.39, 0.29) is 0 Å². The predicted octanol–water partition coefficient (Wildman–Crippen LogP) is 6.31. The lowest BCUT2D eigenvalue weighted by Crippen LogP contribution is -2.31. The molecule has 2 nitrogen and oxygen atoms in total. The van der Waals surface area contributed by atoms with Crippen LogP contribution in [0.25, 0.3) is 44.0 Å². The van der Waals surface area contributed by atoms with Crippen LogP contribution in [0.4, 0.5) is 0 Å². The number of benzene rings is 3. The van der Waals surface area contributed by atoms with Gasteiger partial charge >= 0.3 is 0 Å². The first-order valence-electron chi connectivity index (χ1n) is 9.19. The fraction of sp³-hybridized carbons (Fsp3) is 0.125. The van der Waals surface area contributed by atoms with E-state index in [1.165, 1.54) is 53.7 Å². The molecule has 3 heterocycles. The Labute approximate surface area is 161 Å². The number of pyridine rings is 1. The largest absolute Gasteiger partial charge is 0.455 e. The smallest absolute Gasteiger partial charge is 0.222 e. The lowest BCUT2D eigenvalue weighted by Gasteiger charge is -2.20. The Bertz CT molecular complexity index is 1430. The molecule has 0 unspecified atom stereocenters. The maximum absolute atomic E-state index is 6.41. The zero-order valence-electron chi connectivity index (χ0n) is 15.5. The number of para-hydroxylation sites is 1. The van der Waals surface area contributed by atoms with Crippen LogP contribution >= 0.6 is 11.8 Å². The fourth-order valence-electron chi connectivity index (χ4n) is 4.55. The van der Waals surface area contributed by atoms with E-state index < -0.39 is 0 Å². The molecule has 0 saturated heterocycles. The van der Waals surface area contributed by atoms with Crippen LogP contribution in [0.5, 0.6) is 0 Å². The van der Waals surface area contributed by atoms with Crippen molar-refractivity contribution >= 4 is 44.5 Å². The van der Waals surface area contributed by atoms with Gasteiger partial charge in [-0.05, 0) is 42.5 Å². The Morgan fingerprint density at radius 3 is 2.63 bits per heavy atom. The first kappa shape index (κ1) is 15.3. The summed E-state index contributed by atoms with van der Waals surface area (Å²) in [5, 5.41) is 5.08. The number of fused-ring (bicyclic) bond motifs is 6. The normalized spacial score (nSPS) is 12.9. The lowest BCUT2D eigenvalue weighted by molar-refractivity contribution is -0.659. The van der Waals surface area contributed by atoms with Gasteiger partial charge in [0.2, 0.25) is 5.69 Å². The van der Waals surface area contributed by atoms with Crippen molar-refractivity contribution in [1.82, 2.24) is 0 Å². The van der Waals surface area contributed by atoms with Gasteiger partial charge in [-0.15, -0.1) is 0 Å². The van der Waals surface area contributed by atoms with Crippen molar-refractivity contribution in [1.29, 1.82) is 0 Å². The molecule has 0 atom stereocenters. The third-order valence-corrected chi connectivity index (χ3v) is 6.97. The number of rotatable bonds is 0. The second-order valence-corrected chi connectivity index (χ2v) is 8.42. The molecule has 0 bridgehead atoms. The number of hydrogen-bond acceptors (Lipinski definition) is 2. The quantitative estimate of drug-likeness (QED) is 0.292. The van der Waals surface area contributed by atoms with Gasteiger partial charge in [0.15, 0.2) is 11.8 Å². The zero-order valence-corrected chi connectivity index (χ0v) is 16.3. The minimum Gasteiger partial charge on any atom is -0.455 e. The van der Waals surface area contributed by atoms with E-state index in [2.05, 4.69) is 74.1 Å². The molecule has 27 heavy (non-hydrogen) atoms. The van der Waals surface area contributed by atoms with Crippen molar-refractivity contribution < 1.29 is 8.98 Å². The van der Waals surface area contributed by atoms with E-state index in [4.69, 9.17) is 4.42 Å². The van der Waals surface area contributed by atoms with Gasteiger partial charge in [-0.25, -0.2) is 4.57 Å². The molecule has 1 aliphatic heterocycles. The van der Waals surface area contributed by atoms with Gasteiger partial charge in [0.1, 0.15) is 12.6 Å². The Kier molecular flexibility index (Phi) is 2.91. The molecule has 1 aliphatic rings. The van der Waals surface area contributed by atoms with E-state index in [9.17, 15) is 0 Å². The van der Waals surface area contributed by atoms with Crippen molar-refractivity contribution in [3.8, 4) is 11.3 Å². The SMILES string of the molecule is Cc1cccc2c1-c1c3c(c4oc5ccccc5c4c(C)c3cc[n+]1C)S2. The van der Waals surface area contributed by atoms with Crippen molar-refractivity contribution in [3.63, 3.8) is 0 Å². The van der Waals surface area contributed by atoms with Crippen LogP contribution < -0.4 is 4.57 Å². The molecule has 0 radical (unpaired) electrons. The van der Waals surface area contributed by atoms with Crippen LogP contribution in [0, 0.1) is 13.8 Å². The van der Waals surface area contributed by atoms with Gasteiger partial charge in [0.25, 0.3) is 0 Å². The van der Waals surface area contributed by atoms with Crippen LogP contribution in [0.3, 0.4) is 0 Å². The highest BCUT2D eigenvalue weighted by Crippen LogP contribution is 2.52. The summed E-state index contributed by atoms with van der Waals surface area (Å²) in [6.07, 6.45) is 2.19. The summed E-state index contributed by atoms with van der Waals surface area (Å²) in [7, 11) is 2.14. The number of aryl methyl sites for hydroxylation is 3. The van der Waals surface area contributed by atoms with Crippen molar-refractivity contribution in [2.75, 3.05) is 0 Å². The molecule has 0 amide bonds. The Hall–Kier alpha value is -2.78. The minimum absolute atomic E-state index is 0.962. The summed E-state index contributed by atoms with van der Waals surface area (Å²) in [5.74, 6) is 0. The van der Waals surface area contributed by atoms with E-state index in [1.807, 2.05) is 17.8 Å². The lowest BCUT2D eigenvalue weighted by atomic mass is 9.94. The summed E-state index contributed by atoms with van der Waals surface area (Å²) in [4.78, 5) is 2.54.